The van der Waals surface area contributed by atoms with Crippen molar-refractivity contribution in [2.75, 3.05) is 0 Å². The Labute approximate surface area is 126 Å². The minimum Gasteiger partial charge on any atom is -0.332 e. The lowest BCUT2D eigenvalue weighted by atomic mass is 10.1. The summed E-state index contributed by atoms with van der Waals surface area (Å²) in [6.45, 7) is 4.75. The number of rotatable bonds is 4. The first-order chi connectivity index (χ1) is 10.2. The van der Waals surface area contributed by atoms with E-state index in [1.54, 1.807) is 11.3 Å². The van der Waals surface area contributed by atoms with E-state index in [9.17, 15) is 0 Å². The predicted octanol–water partition coefficient (Wildman–Crippen LogP) is 3.44. The van der Waals surface area contributed by atoms with Crippen LogP contribution in [0.25, 0.3) is 23.0 Å². The Bertz CT molecular complexity index is 730. The van der Waals surface area contributed by atoms with Gasteiger partial charge in [0.15, 0.2) is 0 Å². The molecular formula is C15H16N4OS. The van der Waals surface area contributed by atoms with Crippen molar-refractivity contribution in [1.82, 2.24) is 15.1 Å². The van der Waals surface area contributed by atoms with Crippen molar-refractivity contribution in [3.8, 4) is 23.0 Å². The molecule has 21 heavy (non-hydrogen) atoms. The van der Waals surface area contributed by atoms with E-state index >= 15 is 0 Å². The zero-order valence-corrected chi connectivity index (χ0v) is 12.7. The van der Waals surface area contributed by atoms with Gasteiger partial charge < -0.3 is 10.3 Å². The topological polar surface area (TPSA) is 77.8 Å². The maximum atomic E-state index is 5.59. The molecule has 0 atom stereocenters. The molecule has 2 heterocycles. The van der Waals surface area contributed by atoms with Crippen molar-refractivity contribution in [1.29, 1.82) is 0 Å². The quantitative estimate of drug-likeness (QED) is 0.798. The second-order valence-electron chi connectivity index (χ2n) is 5.05. The molecular weight excluding hydrogens is 284 g/mol. The maximum absolute atomic E-state index is 5.59. The summed E-state index contributed by atoms with van der Waals surface area (Å²) in [7, 11) is 0. The van der Waals surface area contributed by atoms with E-state index in [0.29, 0.717) is 24.2 Å². The Balaban J connectivity index is 1.87. The molecule has 1 aromatic carbocycles. The van der Waals surface area contributed by atoms with Crippen LogP contribution >= 0.6 is 11.3 Å². The van der Waals surface area contributed by atoms with Gasteiger partial charge >= 0.3 is 0 Å². The third kappa shape index (κ3) is 2.86. The highest BCUT2D eigenvalue weighted by Crippen LogP contribution is 2.26. The lowest BCUT2D eigenvalue weighted by molar-refractivity contribution is 0.431. The van der Waals surface area contributed by atoms with Crippen molar-refractivity contribution in [3.05, 3.63) is 40.2 Å². The molecule has 3 rings (SSSR count). The van der Waals surface area contributed by atoms with Crippen LogP contribution in [0, 0.1) is 0 Å². The van der Waals surface area contributed by atoms with Gasteiger partial charge in [-0.3, -0.25) is 0 Å². The zero-order chi connectivity index (χ0) is 14.8. The van der Waals surface area contributed by atoms with E-state index in [2.05, 4.69) is 29.0 Å². The zero-order valence-electron chi connectivity index (χ0n) is 11.9. The van der Waals surface area contributed by atoms with E-state index in [-0.39, 0.29) is 0 Å². The van der Waals surface area contributed by atoms with E-state index < -0.39 is 0 Å². The third-order valence-corrected chi connectivity index (χ3v) is 4.25. The SMILES string of the molecule is CC(C)c1nc(-c2nc(-c3ccc(CN)cc3)no2)cs1. The number of thiazole rings is 1. The summed E-state index contributed by atoms with van der Waals surface area (Å²) >= 11 is 1.61. The fourth-order valence-electron chi connectivity index (χ4n) is 1.89. The normalized spacial score (nSPS) is 11.2. The fraction of sp³-hybridized carbons (Fsp3) is 0.267. The number of nitrogens with two attached hydrogens (primary N) is 1. The molecule has 0 saturated heterocycles. The summed E-state index contributed by atoms with van der Waals surface area (Å²) in [4.78, 5) is 8.93. The molecule has 0 radical (unpaired) electrons. The van der Waals surface area contributed by atoms with Gasteiger partial charge in [-0.2, -0.15) is 4.98 Å². The van der Waals surface area contributed by atoms with Gasteiger partial charge in [0.05, 0.1) is 5.01 Å². The summed E-state index contributed by atoms with van der Waals surface area (Å²) < 4.78 is 5.31. The molecule has 108 valence electrons. The molecule has 0 bridgehead atoms. The van der Waals surface area contributed by atoms with Gasteiger partial charge in [-0.15, -0.1) is 11.3 Å². The molecule has 0 aliphatic rings. The summed E-state index contributed by atoms with van der Waals surface area (Å²) in [6.07, 6.45) is 0. The van der Waals surface area contributed by atoms with Gasteiger partial charge in [0.1, 0.15) is 5.69 Å². The summed E-state index contributed by atoms with van der Waals surface area (Å²) in [5, 5.41) is 7.03. The highest BCUT2D eigenvalue weighted by Gasteiger charge is 2.14. The number of hydrogen-bond donors (Lipinski definition) is 1. The van der Waals surface area contributed by atoms with Crippen LogP contribution in [0.1, 0.15) is 30.3 Å². The Morgan fingerprint density at radius 3 is 2.57 bits per heavy atom. The summed E-state index contributed by atoms with van der Waals surface area (Å²) in [5.74, 6) is 1.42. The van der Waals surface area contributed by atoms with E-state index in [0.717, 1.165) is 21.8 Å². The van der Waals surface area contributed by atoms with Crippen LogP contribution in [0.3, 0.4) is 0 Å². The smallest absolute Gasteiger partial charge is 0.277 e. The first-order valence-electron chi connectivity index (χ1n) is 6.76. The number of benzene rings is 1. The van der Waals surface area contributed by atoms with Crippen LogP contribution in [0.2, 0.25) is 0 Å². The first-order valence-corrected chi connectivity index (χ1v) is 7.64. The monoisotopic (exact) mass is 300 g/mol. The highest BCUT2D eigenvalue weighted by molar-refractivity contribution is 7.10. The van der Waals surface area contributed by atoms with Crippen molar-refractivity contribution in [2.24, 2.45) is 5.73 Å². The molecule has 0 fully saturated rings. The Hall–Kier alpha value is -2.05. The van der Waals surface area contributed by atoms with Gasteiger partial charge in [-0.25, -0.2) is 4.98 Å². The molecule has 5 nitrogen and oxygen atoms in total. The van der Waals surface area contributed by atoms with Gasteiger partial charge in [0.25, 0.3) is 5.89 Å². The molecule has 0 spiro atoms. The highest BCUT2D eigenvalue weighted by atomic mass is 32.1. The van der Waals surface area contributed by atoms with Crippen molar-refractivity contribution in [2.45, 2.75) is 26.3 Å². The van der Waals surface area contributed by atoms with E-state index in [4.69, 9.17) is 10.3 Å². The Kier molecular flexibility index (Phi) is 3.81. The molecule has 3 aromatic rings. The number of nitrogens with zero attached hydrogens (tertiary/aromatic N) is 3. The van der Waals surface area contributed by atoms with Gasteiger partial charge in [-0.1, -0.05) is 43.3 Å². The minimum atomic E-state index is 0.398. The van der Waals surface area contributed by atoms with Crippen molar-refractivity contribution < 1.29 is 4.52 Å². The van der Waals surface area contributed by atoms with Crippen LogP contribution in [0.5, 0.6) is 0 Å². The molecule has 2 aromatic heterocycles. The number of aromatic nitrogens is 3. The Morgan fingerprint density at radius 1 is 1.19 bits per heavy atom. The van der Waals surface area contributed by atoms with Crippen LogP contribution in [-0.4, -0.2) is 15.1 Å². The van der Waals surface area contributed by atoms with Crippen LogP contribution in [0.4, 0.5) is 0 Å². The standard InChI is InChI=1S/C15H16N4OS/c1-9(2)15-17-12(8-21-15)14-18-13(19-20-14)11-5-3-10(7-16)4-6-11/h3-6,8-9H,7,16H2,1-2H3. The Morgan fingerprint density at radius 2 is 1.95 bits per heavy atom. The van der Waals surface area contributed by atoms with Crippen molar-refractivity contribution in [3.63, 3.8) is 0 Å². The molecule has 0 saturated carbocycles. The average Bonchev–Trinajstić information content (AvgIpc) is 3.16. The van der Waals surface area contributed by atoms with Crippen LogP contribution < -0.4 is 5.73 Å². The minimum absolute atomic E-state index is 0.398. The molecule has 6 heteroatoms. The second kappa shape index (κ2) is 5.75. The number of hydrogen-bond acceptors (Lipinski definition) is 6. The lowest BCUT2D eigenvalue weighted by Gasteiger charge is -1.97. The fourth-order valence-corrected chi connectivity index (χ4v) is 2.69. The van der Waals surface area contributed by atoms with Gasteiger partial charge in [0, 0.05) is 23.4 Å². The van der Waals surface area contributed by atoms with E-state index in [1.807, 2.05) is 29.6 Å². The van der Waals surface area contributed by atoms with Gasteiger partial charge in [-0.05, 0) is 5.56 Å². The van der Waals surface area contributed by atoms with Crippen LogP contribution in [-0.2, 0) is 6.54 Å². The third-order valence-electron chi connectivity index (χ3n) is 3.11. The lowest BCUT2D eigenvalue weighted by Crippen LogP contribution is -1.95. The van der Waals surface area contributed by atoms with Crippen molar-refractivity contribution >= 4 is 11.3 Å². The second-order valence-corrected chi connectivity index (χ2v) is 5.94. The largest absolute Gasteiger partial charge is 0.332 e. The molecule has 0 aliphatic heterocycles. The summed E-state index contributed by atoms with van der Waals surface area (Å²) in [6, 6.07) is 7.81. The first kappa shape index (κ1) is 13.9. The molecule has 0 aliphatic carbocycles. The molecule has 2 N–H and O–H groups in total. The van der Waals surface area contributed by atoms with Gasteiger partial charge in [0.2, 0.25) is 5.82 Å². The van der Waals surface area contributed by atoms with Crippen LogP contribution in [0.15, 0.2) is 34.2 Å². The molecule has 0 amide bonds. The average molecular weight is 300 g/mol. The predicted molar refractivity (Wildman–Crippen MR) is 82.8 cm³/mol. The molecule has 0 unspecified atom stereocenters. The maximum Gasteiger partial charge on any atom is 0.277 e. The van der Waals surface area contributed by atoms with E-state index in [1.165, 1.54) is 0 Å². The summed E-state index contributed by atoms with van der Waals surface area (Å²) in [5.41, 5.74) is 8.30.